The molecule has 0 unspecified atom stereocenters. The maximum Gasteiger partial charge on any atom is 0.236 e. The Balaban J connectivity index is 1.25. The molecule has 11 heteroatoms. The molecule has 0 saturated carbocycles. The summed E-state index contributed by atoms with van der Waals surface area (Å²) < 4.78 is 1.75. The summed E-state index contributed by atoms with van der Waals surface area (Å²) in [5.74, 6) is 0.945. The number of amides is 1. The van der Waals surface area contributed by atoms with Crippen LogP contribution in [0.15, 0.2) is 24.2 Å². The standard InChI is InChI=1S/C20H24N8O2S/c29-15(20-21-3-10-31-20)11-28-14-24-17-18(22-13-23-19(17)28)27-8-6-25(7-9-27)12-16(30)26-4-1-2-5-26/h3,10,13-14H,1-2,4-9,11-12H2. The number of rotatable bonds is 6. The van der Waals surface area contributed by atoms with Gasteiger partial charge in [-0.2, -0.15) is 0 Å². The van der Waals surface area contributed by atoms with Crippen molar-refractivity contribution >= 4 is 40.0 Å². The number of nitrogens with zero attached hydrogens (tertiary/aromatic N) is 8. The monoisotopic (exact) mass is 440 g/mol. The zero-order valence-corrected chi connectivity index (χ0v) is 18.0. The van der Waals surface area contributed by atoms with E-state index in [1.165, 1.54) is 17.7 Å². The average Bonchev–Trinajstić information content (AvgIpc) is 3.56. The lowest BCUT2D eigenvalue weighted by atomic mass is 10.3. The fourth-order valence-electron chi connectivity index (χ4n) is 4.17. The highest BCUT2D eigenvalue weighted by Gasteiger charge is 2.25. The third kappa shape index (κ3) is 4.15. The van der Waals surface area contributed by atoms with Crippen molar-refractivity contribution in [1.82, 2.24) is 34.3 Å². The second-order valence-corrected chi connectivity index (χ2v) is 8.75. The molecule has 0 radical (unpaired) electrons. The fourth-order valence-corrected chi connectivity index (χ4v) is 4.74. The Labute approximate surface area is 183 Å². The van der Waals surface area contributed by atoms with Crippen molar-refractivity contribution in [2.24, 2.45) is 0 Å². The smallest absolute Gasteiger partial charge is 0.236 e. The number of hydrogen-bond donors (Lipinski definition) is 0. The van der Waals surface area contributed by atoms with Gasteiger partial charge >= 0.3 is 0 Å². The van der Waals surface area contributed by atoms with E-state index in [-0.39, 0.29) is 18.2 Å². The van der Waals surface area contributed by atoms with Gasteiger partial charge in [-0.1, -0.05) is 0 Å². The fraction of sp³-hybridized carbons (Fsp3) is 0.500. The zero-order chi connectivity index (χ0) is 21.2. The topological polar surface area (TPSA) is 100 Å². The van der Waals surface area contributed by atoms with E-state index in [1.807, 2.05) is 4.90 Å². The quantitative estimate of drug-likeness (QED) is 0.522. The van der Waals surface area contributed by atoms with Crippen LogP contribution in [0.3, 0.4) is 0 Å². The summed E-state index contributed by atoms with van der Waals surface area (Å²) in [7, 11) is 0. The number of Topliss-reactive ketones (excluding diaryl/α,β-unsaturated/α-hetero) is 1. The maximum absolute atomic E-state index is 12.4. The van der Waals surface area contributed by atoms with Crippen LogP contribution in [0.1, 0.15) is 22.6 Å². The van der Waals surface area contributed by atoms with E-state index in [0.717, 1.165) is 57.9 Å². The SMILES string of the molecule is O=C(Cn1cnc2c(N3CCN(CC(=O)N4CCCC4)CC3)ncnc21)c1nccs1. The molecule has 3 aromatic rings. The molecule has 0 aromatic carbocycles. The average molecular weight is 441 g/mol. The van der Waals surface area contributed by atoms with Gasteiger partial charge < -0.3 is 14.4 Å². The second-order valence-electron chi connectivity index (χ2n) is 7.85. The highest BCUT2D eigenvalue weighted by molar-refractivity contribution is 7.11. The summed E-state index contributed by atoms with van der Waals surface area (Å²) in [6, 6.07) is 0. The van der Waals surface area contributed by atoms with Crippen LogP contribution < -0.4 is 4.90 Å². The molecule has 31 heavy (non-hydrogen) atoms. The summed E-state index contributed by atoms with van der Waals surface area (Å²) in [4.78, 5) is 48.6. The molecule has 2 aliphatic rings. The molecule has 2 saturated heterocycles. The van der Waals surface area contributed by atoms with Crippen LogP contribution in [0.2, 0.25) is 0 Å². The van der Waals surface area contributed by atoms with Crippen molar-refractivity contribution in [2.75, 3.05) is 50.7 Å². The van der Waals surface area contributed by atoms with E-state index in [4.69, 9.17) is 0 Å². The molecule has 5 heterocycles. The predicted molar refractivity (Wildman–Crippen MR) is 116 cm³/mol. The zero-order valence-electron chi connectivity index (χ0n) is 17.2. The normalized spacial score (nSPS) is 17.5. The van der Waals surface area contributed by atoms with Crippen molar-refractivity contribution in [3.8, 4) is 0 Å². The van der Waals surface area contributed by atoms with Gasteiger partial charge in [0.25, 0.3) is 0 Å². The van der Waals surface area contributed by atoms with E-state index in [0.29, 0.717) is 22.7 Å². The van der Waals surface area contributed by atoms with E-state index < -0.39 is 0 Å². The van der Waals surface area contributed by atoms with Gasteiger partial charge in [0.2, 0.25) is 11.7 Å². The van der Waals surface area contributed by atoms with Gasteiger partial charge in [-0.15, -0.1) is 11.3 Å². The lowest BCUT2D eigenvalue weighted by Crippen LogP contribution is -2.50. The minimum atomic E-state index is -0.0641. The Morgan fingerprint density at radius 3 is 2.48 bits per heavy atom. The Kier molecular flexibility index (Phi) is 5.60. The first-order valence-corrected chi connectivity index (χ1v) is 11.4. The van der Waals surface area contributed by atoms with Gasteiger partial charge in [-0.05, 0) is 12.8 Å². The molecule has 0 atom stereocenters. The Bertz CT molecular complexity index is 1070. The Morgan fingerprint density at radius 2 is 1.74 bits per heavy atom. The molecular formula is C20H24N8O2S. The van der Waals surface area contributed by atoms with Crippen LogP contribution in [-0.2, 0) is 11.3 Å². The molecule has 2 aliphatic heterocycles. The number of carbonyl (C=O) groups is 2. The molecule has 0 spiro atoms. The molecule has 0 bridgehead atoms. The number of aromatic nitrogens is 5. The Hall–Kier alpha value is -2.92. The van der Waals surface area contributed by atoms with Gasteiger partial charge in [0.15, 0.2) is 22.0 Å². The predicted octanol–water partition coefficient (Wildman–Crippen LogP) is 0.910. The number of imidazole rings is 1. The van der Waals surface area contributed by atoms with E-state index in [1.54, 1.807) is 22.5 Å². The van der Waals surface area contributed by atoms with Crippen molar-refractivity contribution < 1.29 is 9.59 Å². The number of thiazole rings is 1. The number of anilines is 1. The van der Waals surface area contributed by atoms with Crippen LogP contribution in [-0.4, -0.2) is 91.8 Å². The molecule has 2 fully saturated rings. The molecule has 1 amide bonds. The van der Waals surface area contributed by atoms with E-state index in [9.17, 15) is 9.59 Å². The molecule has 0 aliphatic carbocycles. The first-order chi connectivity index (χ1) is 15.2. The first-order valence-electron chi connectivity index (χ1n) is 10.5. The molecular weight excluding hydrogens is 416 g/mol. The highest BCUT2D eigenvalue weighted by atomic mass is 32.1. The molecule has 10 nitrogen and oxygen atoms in total. The van der Waals surface area contributed by atoms with Gasteiger partial charge in [0, 0.05) is 50.8 Å². The number of fused-ring (bicyclic) bond motifs is 1. The van der Waals surface area contributed by atoms with Crippen molar-refractivity contribution in [3.63, 3.8) is 0 Å². The van der Waals surface area contributed by atoms with Crippen molar-refractivity contribution in [1.29, 1.82) is 0 Å². The van der Waals surface area contributed by atoms with Crippen LogP contribution in [0.5, 0.6) is 0 Å². The summed E-state index contributed by atoms with van der Waals surface area (Å²) in [5.41, 5.74) is 1.33. The summed E-state index contributed by atoms with van der Waals surface area (Å²) in [6.45, 7) is 5.56. The van der Waals surface area contributed by atoms with Crippen molar-refractivity contribution in [3.05, 3.63) is 29.2 Å². The molecule has 0 N–H and O–H groups in total. The largest absolute Gasteiger partial charge is 0.352 e. The Morgan fingerprint density at radius 1 is 0.935 bits per heavy atom. The number of ketones is 1. The van der Waals surface area contributed by atoms with Crippen LogP contribution in [0, 0.1) is 0 Å². The molecule has 162 valence electrons. The van der Waals surface area contributed by atoms with Gasteiger partial charge in [0.05, 0.1) is 19.4 Å². The van der Waals surface area contributed by atoms with E-state index in [2.05, 4.69) is 29.7 Å². The third-order valence-corrected chi connectivity index (χ3v) is 6.67. The number of carbonyl (C=O) groups excluding carboxylic acids is 2. The minimum absolute atomic E-state index is 0.0641. The summed E-state index contributed by atoms with van der Waals surface area (Å²) in [5, 5.41) is 2.27. The van der Waals surface area contributed by atoms with E-state index >= 15 is 0 Å². The number of piperazine rings is 1. The number of hydrogen-bond acceptors (Lipinski definition) is 9. The van der Waals surface area contributed by atoms with Crippen LogP contribution >= 0.6 is 11.3 Å². The van der Waals surface area contributed by atoms with Gasteiger partial charge in [0.1, 0.15) is 6.33 Å². The second kappa shape index (κ2) is 8.67. The lowest BCUT2D eigenvalue weighted by Gasteiger charge is -2.35. The summed E-state index contributed by atoms with van der Waals surface area (Å²) in [6.07, 6.45) is 7.02. The first kappa shape index (κ1) is 20.0. The van der Waals surface area contributed by atoms with Crippen LogP contribution in [0.4, 0.5) is 5.82 Å². The third-order valence-electron chi connectivity index (χ3n) is 5.86. The lowest BCUT2D eigenvalue weighted by molar-refractivity contribution is -0.131. The highest BCUT2D eigenvalue weighted by Crippen LogP contribution is 2.23. The molecule has 5 rings (SSSR count). The number of likely N-dealkylation sites (tertiary alicyclic amines) is 1. The summed E-state index contributed by atoms with van der Waals surface area (Å²) >= 11 is 1.33. The van der Waals surface area contributed by atoms with Gasteiger partial charge in [-0.25, -0.2) is 19.9 Å². The molecule has 3 aromatic heterocycles. The maximum atomic E-state index is 12.4. The minimum Gasteiger partial charge on any atom is -0.352 e. The van der Waals surface area contributed by atoms with Crippen LogP contribution in [0.25, 0.3) is 11.2 Å². The van der Waals surface area contributed by atoms with Gasteiger partial charge in [-0.3, -0.25) is 14.5 Å². The van der Waals surface area contributed by atoms with Crippen molar-refractivity contribution in [2.45, 2.75) is 19.4 Å².